The van der Waals surface area contributed by atoms with Crippen LogP contribution in [0.15, 0.2) is 17.1 Å². The Morgan fingerprint density at radius 3 is 2.50 bits per heavy atom. The summed E-state index contributed by atoms with van der Waals surface area (Å²) in [5.74, 6) is -3.93. The van der Waals surface area contributed by atoms with Gasteiger partial charge in [-0.3, -0.25) is 9.79 Å². The molecule has 24 heavy (non-hydrogen) atoms. The molecule has 0 atom stereocenters. The van der Waals surface area contributed by atoms with E-state index in [0.717, 1.165) is 25.0 Å². The van der Waals surface area contributed by atoms with Crippen LogP contribution in [0.5, 0.6) is 0 Å². The molecule has 1 aromatic carbocycles. The molecule has 134 valence electrons. The van der Waals surface area contributed by atoms with Gasteiger partial charge in [0.15, 0.2) is 23.4 Å². The van der Waals surface area contributed by atoms with E-state index in [0.29, 0.717) is 18.4 Å². The maximum Gasteiger partial charge on any atom is 0.243 e. The molecule has 0 radical (unpaired) electrons. The highest BCUT2D eigenvalue weighted by atomic mass is 19.2. The molecule has 3 N–H and O–H groups in total. The number of carbonyl (C=O) groups excluding carboxylic acids is 1. The average molecular weight is 344 g/mol. The summed E-state index contributed by atoms with van der Waals surface area (Å²) in [6.07, 6.45) is 2.03. The number of benzene rings is 1. The maximum absolute atomic E-state index is 13.5. The molecule has 0 bridgehead atoms. The first kappa shape index (κ1) is 19.8. The lowest BCUT2D eigenvalue weighted by Gasteiger charge is -2.13. The van der Waals surface area contributed by atoms with Crippen molar-refractivity contribution in [3.63, 3.8) is 0 Å². The van der Waals surface area contributed by atoms with Crippen LogP contribution in [0.4, 0.5) is 18.9 Å². The van der Waals surface area contributed by atoms with E-state index in [1.54, 1.807) is 7.05 Å². The summed E-state index contributed by atoms with van der Waals surface area (Å²) in [5.41, 5.74) is -0.416. The molecule has 8 heteroatoms. The van der Waals surface area contributed by atoms with Crippen molar-refractivity contribution in [2.24, 2.45) is 10.9 Å². The molecule has 0 aliphatic heterocycles. The fourth-order valence-corrected chi connectivity index (χ4v) is 1.92. The Morgan fingerprint density at radius 1 is 1.17 bits per heavy atom. The van der Waals surface area contributed by atoms with Crippen LogP contribution in [-0.2, 0) is 4.79 Å². The number of amides is 1. The number of aliphatic imine (C=N–C) groups is 1. The molecule has 0 heterocycles. The normalized spacial score (nSPS) is 11.5. The molecule has 1 rings (SSSR count). The molecule has 0 saturated carbocycles. The van der Waals surface area contributed by atoms with Gasteiger partial charge < -0.3 is 16.0 Å². The van der Waals surface area contributed by atoms with E-state index in [2.05, 4.69) is 34.8 Å². The number of hydrogen-bond acceptors (Lipinski definition) is 2. The second kappa shape index (κ2) is 9.79. The average Bonchev–Trinajstić information content (AvgIpc) is 2.54. The highest BCUT2D eigenvalue weighted by Gasteiger charge is 2.15. The molecule has 1 amide bonds. The van der Waals surface area contributed by atoms with Gasteiger partial charge in [0.1, 0.15) is 0 Å². The summed E-state index contributed by atoms with van der Waals surface area (Å²) < 4.78 is 39.4. The van der Waals surface area contributed by atoms with Crippen molar-refractivity contribution in [1.82, 2.24) is 10.6 Å². The number of anilines is 1. The van der Waals surface area contributed by atoms with Crippen molar-refractivity contribution in [1.29, 1.82) is 0 Å². The van der Waals surface area contributed by atoms with Crippen molar-refractivity contribution in [2.45, 2.75) is 26.7 Å². The van der Waals surface area contributed by atoms with Crippen LogP contribution >= 0.6 is 0 Å². The number of nitrogens with one attached hydrogen (secondary N) is 3. The first-order valence-electron chi connectivity index (χ1n) is 7.73. The lowest BCUT2D eigenvalue weighted by atomic mass is 10.1. The Bertz CT molecular complexity index is 591. The Balaban J connectivity index is 2.43. The quantitative estimate of drug-likeness (QED) is 0.308. The van der Waals surface area contributed by atoms with Crippen LogP contribution < -0.4 is 16.0 Å². The minimum atomic E-state index is -1.62. The van der Waals surface area contributed by atoms with Crippen LogP contribution in [0, 0.1) is 23.4 Å². The molecule has 0 unspecified atom stereocenters. The number of nitrogens with zero attached hydrogens (tertiary/aromatic N) is 1. The monoisotopic (exact) mass is 344 g/mol. The summed E-state index contributed by atoms with van der Waals surface area (Å²) >= 11 is 0. The van der Waals surface area contributed by atoms with Crippen molar-refractivity contribution < 1.29 is 18.0 Å². The van der Waals surface area contributed by atoms with E-state index in [4.69, 9.17) is 0 Å². The summed E-state index contributed by atoms with van der Waals surface area (Å²) in [6, 6.07) is 1.71. The van der Waals surface area contributed by atoms with Crippen molar-refractivity contribution >= 4 is 17.6 Å². The third kappa shape index (κ3) is 6.47. The molecule has 0 fully saturated rings. The third-order valence-electron chi connectivity index (χ3n) is 3.20. The van der Waals surface area contributed by atoms with E-state index in [1.165, 1.54) is 0 Å². The van der Waals surface area contributed by atoms with E-state index < -0.39 is 29.0 Å². The second-order valence-corrected chi connectivity index (χ2v) is 5.66. The van der Waals surface area contributed by atoms with E-state index in [1.807, 2.05) is 0 Å². The van der Waals surface area contributed by atoms with Gasteiger partial charge in [0.05, 0.1) is 12.2 Å². The van der Waals surface area contributed by atoms with Crippen molar-refractivity contribution in [2.75, 3.05) is 25.5 Å². The lowest BCUT2D eigenvalue weighted by molar-refractivity contribution is -0.115. The molecule has 0 aliphatic carbocycles. The molecular weight excluding hydrogens is 321 g/mol. The molecule has 0 saturated heterocycles. The fourth-order valence-electron chi connectivity index (χ4n) is 1.92. The molecule has 1 aromatic rings. The number of hydrogen-bond donors (Lipinski definition) is 3. The Kier molecular flexibility index (Phi) is 8.08. The smallest absolute Gasteiger partial charge is 0.243 e. The zero-order valence-electron chi connectivity index (χ0n) is 14.0. The highest BCUT2D eigenvalue weighted by Crippen LogP contribution is 2.19. The lowest BCUT2D eigenvalue weighted by Crippen LogP contribution is -2.41. The second-order valence-electron chi connectivity index (χ2n) is 5.66. The van der Waals surface area contributed by atoms with Gasteiger partial charge in [-0.25, -0.2) is 13.2 Å². The fraction of sp³-hybridized carbons (Fsp3) is 0.500. The van der Waals surface area contributed by atoms with Crippen molar-refractivity contribution in [3.05, 3.63) is 29.6 Å². The Hall–Kier alpha value is -2.25. The SMILES string of the molecule is CN=C(NCCCC(C)C)NCC(=O)Nc1ccc(F)c(F)c1F. The summed E-state index contributed by atoms with van der Waals surface area (Å²) in [4.78, 5) is 15.7. The number of carbonyl (C=O) groups is 1. The van der Waals surface area contributed by atoms with Gasteiger partial charge in [0.2, 0.25) is 5.91 Å². The number of halogens is 3. The van der Waals surface area contributed by atoms with E-state index in [9.17, 15) is 18.0 Å². The Morgan fingerprint density at radius 2 is 1.88 bits per heavy atom. The van der Waals surface area contributed by atoms with Crippen LogP contribution in [0.3, 0.4) is 0 Å². The Labute approximate surface area is 139 Å². The topological polar surface area (TPSA) is 65.5 Å². The van der Waals surface area contributed by atoms with Crippen LogP contribution in [0.2, 0.25) is 0 Å². The molecule has 0 aromatic heterocycles. The highest BCUT2D eigenvalue weighted by molar-refractivity contribution is 5.95. The van der Waals surface area contributed by atoms with E-state index in [-0.39, 0.29) is 6.54 Å². The summed E-state index contributed by atoms with van der Waals surface area (Å²) in [6.45, 7) is 4.78. The summed E-state index contributed by atoms with van der Waals surface area (Å²) in [5, 5.41) is 7.98. The predicted molar refractivity (Wildman–Crippen MR) is 88.4 cm³/mol. The van der Waals surface area contributed by atoms with Crippen LogP contribution in [-0.4, -0.2) is 32.0 Å². The van der Waals surface area contributed by atoms with Gasteiger partial charge in [-0.15, -0.1) is 0 Å². The van der Waals surface area contributed by atoms with Gasteiger partial charge in [-0.05, 0) is 30.9 Å². The summed E-state index contributed by atoms with van der Waals surface area (Å²) in [7, 11) is 1.56. The van der Waals surface area contributed by atoms with Gasteiger partial charge in [-0.1, -0.05) is 13.8 Å². The molecule has 5 nitrogen and oxygen atoms in total. The first-order chi connectivity index (χ1) is 11.3. The van der Waals surface area contributed by atoms with Gasteiger partial charge in [0, 0.05) is 13.6 Å². The van der Waals surface area contributed by atoms with Gasteiger partial charge in [0.25, 0.3) is 0 Å². The number of rotatable bonds is 7. The largest absolute Gasteiger partial charge is 0.356 e. The third-order valence-corrected chi connectivity index (χ3v) is 3.20. The van der Waals surface area contributed by atoms with E-state index >= 15 is 0 Å². The molecule has 0 aliphatic rings. The zero-order chi connectivity index (χ0) is 18.1. The van der Waals surface area contributed by atoms with Crippen LogP contribution in [0.1, 0.15) is 26.7 Å². The minimum Gasteiger partial charge on any atom is -0.356 e. The first-order valence-corrected chi connectivity index (χ1v) is 7.73. The minimum absolute atomic E-state index is 0.192. The maximum atomic E-state index is 13.5. The predicted octanol–water partition coefficient (Wildman–Crippen LogP) is 2.64. The molecular formula is C16H23F3N4O. The standard InChI is InChI=1S/C16H23F3N4O/c1-10(2)5-4-8-21-16(20-3)22-9-13(24)23-12-7-6-11(17)14(18)15(12)19/h6-7,10H,4-5,8-9H2,1-3H3,(H,23,24)(H2,20,21,22). The van der Waals surface area contributed by atoms with Gasteiger partial charge in [-0.2, -0.15) is 0 Å². The molecule has 0 spiro atoms. The van der Waals surface area contributed by atoms with Crippen molar-refractivity contribution in [3.8, 4) is 0 Å². The number of guanidine groups is 1. The zero-order valence-corrected chi connectivity index (χ0v) is 14.0. The van der Waals surface area contributed by atoms with Crippen LogP contribution in [0.25, 0.3) is 0 Å². The van der Waals surface area contributed by atoms with Gasteiger partial charge >= 0.3 is 0 Å².